The smallest absolute Gasteiger partial charge is 0.328 e. The van der Waals surface area contributed by atoms with Crippen molar-refractivity contribution in [2.45, 2.75) is 6.92 Å². The zero-order chi connectivity index (χ0) is 15.1. The molecule has 2 heterocycles. The van der Waals surface area contributed by atoms with Crippen LogP contribution in [-0.4, -0.2) is 22.4 Å². The Balaban J connectivity index is 2.20. The molecule has 0 radical (unpaired) electrons. The minimum Gasteiger partial charge on any atom is -0.347 e. The number of aromatic nitrogens is 1. The summed E-state index contributed by atoms with van der Waals surface area (Å²) in [6.07, 6.45) is 1.52. The molecule has 1 aliphatic rings. The molecule has 106 valence electrons. The van der Waals surface area contributed by atoms with Gasteiger partial charge < -0.3 is 4.57 Å². The Labute approximate surface area is 120 Å². The van der Waals surface area contributed by atoms with E-state index in [0.717, 1.165) is 22.2 Å². The molecule has 1 aliphatic heterocycles. The van der Waals surface area contributed by atoms with Crippen molar-refractivity contribution < 1.29 is 14.4 Å². The number of carbonyl (C=O) groups excluding carboxylic acids is 3. The van der Waals surface area contributed by atoms with E-state index in [1.165, 1.54) is 6.08 Å². The van der Waals surface area contributed by atoms with Gasteiger partial charge in [-0.1, -0.05) is 18.2 Å². The Morgan fingerprint density at radius 2 is 1.67 bits per heavy atom. The lowest BCUT2D eigenvalue weighted by Gasteiger charge is -2.13. The van der Waals surface area contributed by atoms with Crippen molar-refractivity contribution >= 4 is 34.8 Å². The highest BCUT2D eigenvalue weighted by Gasteiger charge is 2.28. The van der Waals surface area contributed by atoms with Gasteiger partial charge in [-0.2, -0.15) is 0 Å². The number of aryl methyl sites for hydroxylation is 1. The van der Waals surface area contributed by atoms with Crippen molar-refractivity contribution in [2.24, 2.45) is 7.05 Å². The number of barbiturate groups is 1. The number of amides is 4. The van der Waals surface area contributed by atoms with Crippen molar-refractivity contribution in [3.63, 3.8) is 0 Å². The second-order valence-corrected chi connectivity index (χ2v) is 4.87. The van der Waals surface area contributed by atoms with Crippen LogP contribution in [0.3, 0.4) is 0 Å². The van der Waals surface area contributed by atoms with E-state index < -0.39 is 17.8 Å². The molecule has 0 spiro atoms. The molecule has 6 heteroatoms. The second-order valence-electron chi connectivity index (χ2n) is 4.87. The van der Waals surface area contributed by atoms with Crippen LogP contribution in [0.15, 0.2) is 29.8 Å². The van der Waals surface area contributed by atoms with Gasteiger partial charge in [0.1, 0.15) is 5.57 Å². The molecule has 3 rings (SSSR count). The molecule has 6 nitrogen and oxygen atoms in total. The Kier molecular flexibility index (Phi) is 2.86. The fourth-order valence-corrected chi connectivity index (χ4v) is 2.48. The summed E-state index contributed by atoms with van der Waals surface area (Å²) in [7, 11) is 1.92. The number of carbonyl (C=O) groups is 3. The fraction of sp³-hybridized carbons (Fsp3) is 0.133. The summed E-state index contributed by atoms with van der Waals surface area (Å²) in [5.41, 5.74) is 2.66. The first-order valence-electron chi connectivity index (χ1n) is 6.41. The standard InChI is InChI=1S/C15H13N3O3/c1-8-10(9-5-3-4-6-12(9)18(8)2)7-11-13(19)16-15(21)17-14(11)20/h3-7H,1-2H3,(H2,16,17,19,20,21). The molecule has 1 saturated heterocycles. The fourth-order valence-electron chi connectivity index (χ4n) is 2.48. The van der Waals surface area contributed by atoms with Crippen molar-refractivity contribution in [3.8, 4) is 0 Å². The van der Waals surface area contributed by atoms with Gasteiger partial charge in [-0.3, -0.25) is 20.2 Å². The summed E-state index contributed by atoms with van der Waals surface area (Å²) in [5, 5.41) is 5.09. The van der Waals surface area contributed by atoms with Crippen LogP contribution >= 0.6 is 0 Å². The third kappa shape index (κ3) is 2.01. The first-order valence-corrected chi connectivity index (χ1v) is 6.41. The molecular weight excluding hydrogens is 270 g/mol. The summed E-state index contributed by atoms with van der Waals surface area (Å²) in [4.78, 5) is 34.7. The lowest BCUT2D eigenvalue weighted by molar-refractivity contribution is -0.123. The van der Waals surface area contributed by atoms with Gasteiger partial charge in [0.05, 0.1) is 0 Å². The van der Waals surface area contributed by atoms with Gasteiger partial charge >= 0.3 is 6.03 Å². The van der Waals surface area contributed by atoms with Gasteiger partial charge in [-0.25, -0.2) is 4.79 Å². The summed E-state index contributed by atoms with van der Waals surface area (Å²) >= 11 is 0. The highest BCUT2D eigenvalue weighted by Crippen LogP contribution is 2.27. The monoisotopic (exact) mass is 283 g/mol. The molecule has 0 bridgehead atoms. The number of benzene rings is 1. The van der Waals surface area contributed by atoms with E-state index in [-0.39, 0.29) is 5.57 Å². The van der Waals surface area contributed by atoms with Crippen LogP contribution in [0.2, 0.25) is 0 Å². The summed E-state index contributed by atoms with van der Waals surface area (Å²) < 4.78 is 1.99. The van der Waals surface area contributed by atoms with E-state index in [1.54, 1.807) is 0 Å². The largest absolute Gasteiger partial charge is 0.347 e. The topological polar surface area (TPSA) is 80.2 Å². The predicted molar refractivity (Wildman–Crippen MR) is 77.3 cm³/mol. The van der Waals surface area contributed by atoms with Gasteiger partial charge in [0, 0.05) is 29.2 Å². The molecule has 1 aromatic heterocycles. The lowest BCUT2D eigenvalue weighted by Crippen LogP contribution is -2.51. The minimum atomic E-state index is -0.795. The zero-order valence-corrected chi connectivity index (χ0v) is 11.6. The van der Waals surface area contributed by atoms with Crippen LogP contribution < -0.4 is 10.6 Å². The van der Waals surface area contributed by atoms with Gasteiger partial charge in [0.25, 0.3) is 11.8 Å². The maximum atomic E-state index is 11.8. The number of rotatable bonds is 1. The summed E-state index contributed by atoms with van der Waals surface area (Å²) in [5.74, 6) is -1.37. The van der Waals surface area contributed by atoms with E-state index in [1.807, 2.05) is 42.8 Å². The summed E-state index contributed by atoms with van der Waals surface area (Å²) in [6.45, 7) is 1.91. The van der Waals surface area contributed by atoms with Crippen LogP contribution in [-0.2, 0) is 16.6 Å². The van der Waals surface area contributed by atoms with Crippen LogP contribution in [0, 0.1) is 6.92 Å². The maximum absolute atomic E-state index is 11.8. The number of urea groups is 1. The first-order chi connectivity index (χ1) is 9.99. The number of nitrogens with zero attached hydrogens (tertiary/aromatic N) is 1. The minimum absolute atomic E-state index is 0.0750. The number of fused-ring (bicyclic) bond motifs is 1. The zero-order valence-electron chi connectivity index (χ0n) is 11.6. The van der Waals surface area contributed by atoms with Crippen LogP contribution in [0.1, 0.15) is 11.3 Å². The highest BCUT2D eigenvalue weighted by atomic mass is 16.2. The number of para-hydroxylation sites is 1. The Morgan fingerprint density at radius 1 is 1.05 bits per heavy atom. The average Bonchev–Trinajstić information content (AvgIpc) is 2.67. The third-order valence-corrected chi connectivity index (χ3v) is 3.68. The van der Waals surface area contributed by atoms with Gasteiger partial charge in [-0.05, 0) is 19.1 Å². The van der Waals surface area contributed by atoms with Crippen molar-refractivity contribution in [1.29, 1.82) is 0 Å². The van der Waals surface area contributed by atoms with Gasteiger partial charge in [0.2, 0.25) is 0 Å². The van der Waals surface area contributed by atoms with E-state index >= 15 is 0 Å². The SMILES string of the molecule is Cc1c(C=C2C(=O)NC(=O)NC2=O)c2ccccc2n1C. The Morgan fingerprint density at radius 3 is 2.33 bits per heavy atom. The van der Waals surface area contributed by atoms with Gasteiger partial charge in [-0.15, -0.1) is 0 Å². The third-order valence-electron chi connectivity index (χ3n) is 3.68. The van der Waals surface area contributed by atoms with Crippen molar-refractivity contribution in [2.75, 3.05) is 0 Å². The molecule has 21 heavy (non-hydrogen) atoms. The molecule has 1 fully saturated rings. The molecule has 4 amide bonds. The van der Waals surface area contributed by atoms with Crippen LogP contribution in [0.4, 0.5) is 4.79 Å². The quantitative estimate of drug-likeness (QED) is 0.610. The molecular formula is C15H13N3O3. The van der Waals surface area contributed by atoms with E-state index in [0.29, 0.717) is 0 Å². The number of hydrogen-bond donors (Lipinski definition) is 2. The number of nitrogens with one attached hydrogen (secondary N) is 2. The molecule has 1 aromatic carbocycles. The maximum Gasteiger partial charge on any atom is 0.328 e. The second kappa shape index (κ2) is 4.59. The van der Waals surface area contributed by atoms with E-state index in [9.17, 15) is 14.4 Å². The Hall–Kier alpha value is -2.89. The number of imide groups is 2. The van der Waals surface area contributed by atoms with Crippen LogP contribution in [0.25, 0.3) is 17.0 Å². The highest BCUT2D eigenvalue weighted by molar-refractivity contribution is 6.31. The Bertz CT molecular complexity index is 808. The molecule has 0 aliphatic carbocycles. The lowest BCUT2D eigenvalue weighted by atomic mass is 10.1. The molecule has 2 N–H and O–H groups in total. The number of hydrogen-bond acceptors (Lipinski definition) is 3. The van der Waals surface area contributed by atoms with Gasteiger partial charge in [0.15, 0.2) is 0 Å². The first kappa shape index (κ1) is 13.1. The average molecular weight is 283 g/mol. The molecule has 2 aromatic rings. The van der Waals surface area contributed by atoms with E-state index in [2.05, 4.69) is 10.6 Å². The predicted octanol–water partition coefficient (Wildman–Crippen LogP) is 1.24. The molecule has 0 atom stereocenters. The van der Waals surface area contributed by atoms with E-state index in [4.69, 9.17) is 0 Å². The summed E-state index contributed by atoms with van der Waals surface area (Å²) in [6, 6.07) is 6.93. The van der Waals surface area contributed by atoms with Crippen molar-refractivity contribution in [3.05, 3.63) is 41.1 Å². The molecule has 0 unspecified atom stereocenters. The van der Waals surface area contributed by atoms with Crippen LogP contribution in [0.5, 0.6) is 0 Å². The normalized spacial score (nSPS) is 15.1. The molecule has 0 saturated carbocycles. The van der Waals surface area contributed by atoms with Crippen molar-refractivity contribution in [1.82, 2.24) is 15.2 Å².